The molecule has 0 saturated carbocycles. The van der Waals surface area contributed by atoms with Gasteiger partial charge in [-0.3, -0.25) is 0 Å². The van der Waals surface area contributed by atoms with Crippen molar-refractivity contribution in [2.75, 3.05) is 0 Å². The van der Waals surface area contributed by atoms with Gasteiger partial charge in [0.2, 0.25) is 0 Å². The fraction of sp³-hybridized carbons (Fsp3) is 0. The molecule has 76 valence electrons. The van der Waals surface area contributed by atoms with Crippen molar-refractivity contribution in [2.24, 2.45) is 0 Å². The Kier molecular flexibility index (Phi) is 4580. The van der Waals surface area contributed by atoms with E-state index in [1.54, 1.807) is 0 Å². The molecule has 0 aliphatic carbocycles. The maximum absolute atomic E-state index is 0. The minimum absolute atomic E-state index is 0. The number of rotatable bonds is 0. The van der Waals surface area contributed by atoms with Gasteiger partial charge in [-0.1, -0.05) is 0 Å². The van der Waals surface area contributed by atoms with Gasteiger partial charge in [0, 0.05) is 0 Å². The van der Waals surface area contributed by atoms with Crippen molar-refractivity contribution in [3.8, 4) is 0 Å². The van der Waals surface area contributed by atoms with E-state index in [0.717, 1.165) is 0 Å². The zero-order valence-electron chi connectivity index (χ0n) is 5.87. The van der Waals surface area contributed by atoms with Crippen molar-refractivity contribution in [1.82, 2.24) is 0 Å². The van der Waals surface area contributed by atoms with E-state index in [-0.39, 0.29) is 170 Å². The first-order chi connectivity index (χ1) is 0. The molecule has 0 atom stereocenters. The molecule has 0 heterocycles. The second-order valence-electron chi connectivity index (χ2n) is 0. The van der Waals surface area contributed by atoms with Crippen LogP contribution in [0.15, 0.2) is 0 Å². The first-order valence-electron chi connectivity index (χ1n) is 0. The Morgan fingerprint density at radius 1 is 0.308 bits per heavy atom. The van der Waals surface area contributed by atoms with Crippen LogP contribution in [0.4, 0.5) is 0 Å². The monoisotopic (exact) mass is 693 g/mol. The SMILES string of the molecule is [Ag+].[Ag+].[O-2].[O-2].[O-2].[O-2].[O-2].[O-2].[O-2].[Sn+4].[Sn+4].[Zn+2].[Zn+2]. The first kappa shape index (κ1) is 268. The predicted molar refractivity (Wildman–Crippen MR) is 16.3 cm³/mol. The van der Waals surface area contributed by atoms with Gasteiger partial charge in [-0.05, 0) is 0 Å². The fourth-order valence-corrected chi connectivity index (χ4v) is 0. The molecule has 0 aliphatic rings. The Hall–Kier alpha value is 4.04. The first-order valence-corrected chi connectivity index (χ1v) is 0. The van der Waals surface area contributed by atoms with Crippen LogP contribution in [-0.2, 0) is 122 Å². The van der Waals surface area contributed by atoms with E-state index in [4.69, 9.17) is 0 Å². The van der Waals surface area contributed by atoms with Crippen molar-refractivity contribution in [3.05, 3.63) is 0 Å². The van der Waals surface area contributed by atoms with Crippen LogP contribution in [0.25, 0.3) is 0 Å². The molecule has 0 saturated heterocycles. The van der Waals surface area contributed by atoms with Crippen LogP contribution in [0.1, 0.15) is 0 Å². The summed E-state index contributed by atoms with van der Waals surface area (Å²) in [4.78, 5) is 0. The molecule has 0 spiro atoms. The Balaban J connectivity index is 0. The van der Waals surface area contributed by atoms with Crippen LogP contribution in [0.2, 0.25) is 0 Å². The Morgan fingerprint density at radius 3 is 0.308 bits per heavy atom. The standard InChI is InChI=1S/2Ag.7O.2Sn.2Zn/q2*+1;7*-2;2*+4;2*+2. The third kappa shape index (κ3) is 193. The molecule has 0 aromatic heterocycles. The van der Waals surface area contributed by atoms with Gasteiger partial charge in [-0.15, -0.1) is 0 Å². The predicted octanol–water partition coefficient (Wildman–Crippen LogP) is -1.60. The molecule has 0 aliphatic heterocycles. The number of hydrogen-bond acceptors (Lipinski definition) is 0. The second-order valence-corrected chi connectivity index (χ2v) is 0. The van der Waals surface area contributed by atoms with E-state index >= 15 is 0 Å². The minimum atomic E-state index is 0. The summed E-state index contributed by atoms with van der Waals surface area (Å²) in [6.07, 6.45) is 0. The average molecular weight is 696 g/mol. The quantitative estimate of drug-likeness (QED) is 0.263. The van der Waals surface area contributed by atoms with Gasteiger partial charge < -0.3 is 38.3 Å². The molecule has 0 bridgehead atoms. The van der Waals surface area contributed by atoms with E-state index in [1.807, 2.05) is 0 Å². The van der Waals surface area contributed by atoms with Crippen molar-refractivity contribution < 1.29 is 122 Å². The summed E-state index contributed by atoms with van der Waals surface area (Å²) in [6.45, 7) is 0. The Morgan fingerprint density at radius 2 is 0.308 bits per heavy atom. The normalized spacial score (nSPS) is 0. The summed E-state index contributed by atoms with van der Waals surface area (Å²) in [5, 5.41) is 0. The van der Waals surface area contributed by atoms with Gasteiger partial charge in [0.1, 0.15) is 0 Å². The smallest absolute Gasteiger partial charge is 2.00 e. The van der Waals surface area contributed by atoms with Crippen LogP contribution < -0.4 is 0 Å². The second kappa shape index (κ2) is 222. The molecule has 0 amide bonds. The third-order valence-corrected chi connectivity index (χ3v) is 0. The molecule has 0 N–H and O–H groups in total. The van der Waals surface area contributed by atoms with E-state index in [1.165, 1.54) is 0 Å². The molecule has 0 fully saturated rings. The topological polar surface area (TPSA) is 200 Å². The molecule has 0 aromatic rings. The van der Waals surface area contributed by atoms with Gasteiger partial charge in [-0.2, -0.15) is 0 Å². The van der Waals surface area contributed by atoms with Gasteiger partial charge in [0.05, 0.1) is 0 Å². The summed E-state index contributed by atoms with van der Waals surface area (Å²) in [5.41, 5.74) is 0. The molecule has 0 rings (SSSR count). The molecule has 13 heteroatoms. The van der Waals surface area contributed by atoms with Crippen LogP contribution in [0, 0.1) is 0 Å². The largest absolute Gasteiger partial charge is 4.00 e. The third-order valence-electron chi connectivity index (χ3n) is 0. The van der Waals surface area contributed by atoms with E-state index in [2.05, 4.69) is 0 Å². The number of hydrogen-bond donors (Lipinski definition) is 0. The Bertz CT molecular complexity index is 22.5. The van der Waals surface area contributed by atoms with Gasteiger partial charge >= 0.3 is 132 Å². The zero-order valence-corrected chi connectivity index (χ0v) is 20.5. The summed E-state index contributed by atoms with van der Waals surface area (Å²) in [7, 11) is 0. The summed E-state index contributed by atoms with van der Waals surface area (Å²) in [5.74, 6) is 0. The molecule has 0 unspecified atom stereocenters. The molecule has 7 nitrogen and oxygen atoms in total. The summed E-state index contributed by atoms with van der Waals surface area (Å²) in [6, 6.07) is 0. The maximum atomic E-state index is 0. The van der Waals surface area contributed by atoms with Crippen LogP contribution in [0.5, 0.6) is 0 Å². The molecule has 0 radical (unpaired) electrons. The zero-order chi connectivity index (χ0) is 0. The van der Waals surface area contributed by atoms with Crippen LogP contribution in [-0.4, -0.2) is 47.8 Å². The summed E-state index contributed by atoms with van der Waals surface area (Å²) >= 11 is 0. The fourth-order valence-electron chi connectivity index (χ4n) is 0. The molecule has 13 heavy (non-hydrogen) atoms. The average Bonchev–Trinajstić information content (AvgIpc) is 0. The van der Waals surface area contributed by atoms with Crippen molar-refractivity contribution >= 4 is 47.8 Å². The molecular formula is Ag2O7Sn2Zn2. The van der Waals surface area contributed by atoms with E-state index < -0.39 is 0 Å². The Labute approximate surface area is 167 Å². The molecule has 0 aromatic carbocycles. The van der Waals surface area contributed by atoms with E-state index in [0.29, 0.717) is 0 Å². The minimum Gasteiger partial charge on any atom is -2.00 e. The summed E-state index contributed by atoms with van der Waals surface area (Å²) < 4.78 is 0. The van der Waals surface area contributed by atoms with Crippen molar-refractivity contribution in [3.63, 3.8) is 0 Å². The van der Waals surface area contributed by atoms with E-state index in [9.17, 15) is 0 Å². The molecular weight excluding hydrogens is 696 g/mol. The van der Waals surface area contributed by atoms with Gasteiger partial charge in [0.15, 0.2) is 0 Å². The maximum Gasteiger partial charge on any atom is 4.00 e. The van der Waals surface area contributed by atoms with Gasteiger partial charge in [-0.25, -0.2) is 0 Å². The van der Waals surface area contributed by atoms with Gasteiger partial charge in [0.25, 0.3) is 0 Å². The van der Waals surface area contributed by atoms with Crippen LogP contribution in [0.3, 0.4) is 0 Å². The van der Waals surface area contributed by atoms with Crippen LogP contribution >= 0.6 is 0 Å². The van der Waals surface area contributed by atoms with Crippen molar-refractivity contribution in [1.29, 1.82) is 0 Å². The van der Waals surface area contributed by atoms with Crippen molar-refractivity contribution in [2.45, 2.75) is 0 Å².